The number of rotatable bonds is 6. The molecule has 11 heteroatoms. The number of carbonyl (C=O) groups excluding carboxylic acids is 1. The number of thiazole rings is 1. The number of nitrogens with zero attached hydrogens (tertiary/aromatic N) is 3. The van der Waals surface area contributed by atoms with Gasteiger partial charge < -0.3 is 13.9 Å². The predicted molar refractivity (Wildman–Crippen MR) is 123 cm³/mol. The maximum atomic E-state index is 13.5. The van der Waals surface area contributed by atoms with Crippen molar-refractivity contribution in [3.63, 3.8) is 0 Å². The molecule has 0 radical (unpaired) electrons. The van der Waals surface area contributed by atoms with Gasteiger partial charge in [-0.3, -0.25) is 19.5 Å². The lowest BCUT2D eigenvalue weighted by molar-refractivity contribution is -0.402. The second-order valence-corrected chi connectivity index (χ2v) is 8.75. The molecule has 0 amide bonds. The molecule has 34 heavy (non-hydrogen) atoms. The molecule has 3 heterocycles. The van der Waals surface area contributed by atoms with Crippen LogP contribution in [0.5, 0.6) is 5.75 Å². The number of carbonyl (C=O) groups is 1. The molecule has 3 aromatic rings. The van der Waals surface area contributed by atoms with E-state index in [0.717, 1.165) is 11.3 Å². The Hall–Kier alpha value is -3.99. The number of allylic oxidation sites excluding steroid dienone is 1. The molecule has 2 aromatic heterocycles. The van der Waals surface area contributed by atoms with Crippen molar-refractivity contribution in [1.29, 1.82) is 0 Å². The second-order valence-electron chi connectivity index (χ2n) is 7.75. The zero-order valence-electron chi connectivity index (χ0n) is 18.8. The first-order valence-corrected chi connectivity index (χ1v) is 11.1. The SMILES string of the molecule is COc1cccc(C2C(C(=O)OC(C)C)=C(C)N=c3sc(=Cc4ccc([N+](=O)[O-])o4)c(=O)n32)c1. The molecular weight excluding hydrogens is 462 g/mol. The molecule has 1 aromatic carbocycles. The fourth-order valence-corrected chi connectivity index (χ4v) is 4.66. The highest BCUT2D eigenvalue weighted by Gasteiger charge is 2.34. The minimum absolute atomic E-state index is 0.157. The topological polar surface area (TPSA) is 126 Å². The van der Waals surface area contributed by atoms with E-state index in [2.05, 4.69) is 4.99 Å². The quantitative estimate of drug-likeness (QED) is 0.300. The highest BCUT2D eigenvalue weighted by Crippen LogP contribution is 2.32. The standard InChI is InChI=1S/C23H21N3O7S/c1-12(2)32-22(28)19-13(3)24-23-25(20(19)14-6-5-7-15(10-14)31-4)21(27)17(34-23)11-16-8-9-18(33-16)26(29)30/h5-12,20H,1-4H3. The van der Waals surface area contributed by atoms with Crippen LogP contribution in [0.1, 0.15) is 38.1 Å². The van der Waals surface area contributed by atoms with Crippen molar-refractivity contribution in [3.8, 4) is 5.75 Å². The number of nitro groups is 1. The average Bonchev–Trinajstić information content (AvgIpc) is 3.37. The molecule has 1 aliphatic rings. The minimum Gasteiger partial charge on any atom is -0.497 e. The molecule has 0 saturated heterocycles. The van der Waals surface area contributed by atoms with E-state index < -0.39 is 28.4 Å². The van der Waals surface area contributed by atoms with E-state index in [4.69, 9.17) is 13.9 Å². The molecule has 4 rings (SSSR count). The fourth-order valence-electron chi connectivity index (χ4n) is 3.63. The molecule has 10 nitrogen and oxygen atoms in total. The highest BCUT2D eigenvalue weighted by atomic mass is 32.1. The summed E-state index contributed by atoms with van der Waals surface area (Å²) < 4.78 is 17.7. The summed E-state index contributed by atoms with van der Waals surface area (Å²) in [5, 5.41) is 10.9. The molecular formula is C23H21N3O7S. The molecule has 0 saturated carbocycles. The normalized spacial score (nSPS) is 15.8. The van der Waals surface area contributed by atoms with Gasteiger partial charge in [0.25, 0.3) is 5.56 Å². The first kappa shape index (κ1) is 23.2. The molecule has 0 bridgehead atoms. The average molecular weight is 484 g/mol. The Balaban J connectivity index is 1.93. The Morgan fingerprint density at radius 1 is 1.32 bits per heavy atom. The van der Waals surface area contributed by atoms with Crippen LogP contribution in [0.4, 0.5) is 5.88 Å². The lowest BCUT2D eigenvalue weighted by atomic mass is 9.95. The van der Waals surface area contributed by atoms with Crippen LogP contribution in [0, 0.1) is 10.1 Å². The number of fused-ring (bicyclic) bond motifs is 1. The van der Waals surface area contributed by atoms with E-state index >= 15 is 0 Å². The van der Waals surface area contributed by atoms with Gasteiger partial charge in [0.05, 0.1) is 41.1 Å². The first-order valence-electron chi connectivity index (χ1n) is 10.3. The Morgan fingerprint density at radius 3 is 2.74 bits per heavy atom. The van der Waals surface area contributed by atoms with Crippen LogP contribution >= 0.6 is 11.3 Å². The molecule has 0 aliphatic carbocycles. The number of ether oxygens (including phenoxy) is 2. The van der Waals surface area contributed by atoms with E-state index in [9.17, 15) is 19.7 Å². The lowest BCUT2D eigenvalue weighted by Gasteiger charge is -2.25. The van der Waals surface area contributed by atoms with Crippen molar-refractivity contribution in [3.05, 3.63) is 88.8 Å². The summed E-state index contributed by atoms with van der Waals surface area (Å²) in [7, 11) is 1.53. The Labute approximate surface area is 197 Å². The number of benzene rings is 1. The Kier molecular flexibility index (Phi) is 6.20. The van der Waals surface area contributed by atoms with Gasteiger partial charge in [0, 0.05) is 6.08 Å². The predicted octanol–water partition coefficient (Wildman–Crippen LogP) is 2.70. The van der Waals surface area contributed by atoms with Gasteiger partial charge in [0.1, 0.15) is 16.4 Å². The third-order valence-electron chi connectivity index (χ3n) is 5.06. The zero-order chi connectivity index (χ0) is 24.6. The summed E-state index contributed by atoms with van der Waals surface area (Å²) in [5.74, 6) is -0.276. The highest BCUT2D eigenvalue weighted by molar-refractivity contribution is 7.07. The van der Waals surface area contributed by atoms with Gasteiger partial charge >= 0.3 is 11.9 Å². The van der Waals surface area contributed by atoms with Crippen LogP contribution in [0.2, 0.25) is 0 Å². The Bertz CT molecular complexity index is 1490. The largest absolute Gasteiger partial charge is 0.497 e. The van der Waals surface area contributed by atoms with Crippen molar-refractivity contribution in [2.45, 2.75) is 32.9 Å². The van der Waals surface area contributed by atoms with Crippen molar-refractivity contribution in [2.75, 3.05) is 7.11 Å². The maximum absolute atomic E-state index is 13.5. The summed E-state index contributed by atoms with van der Waals surface area (Å²) in [6.45, 7) is 5.18. The third-order valence-corrected chi connectivity index (χ3v) is 6.04. The van der Waals surface area contributed by atoms with Crippen LogP contribution in [0.3, 0.4) is 0 Å². The van der Waals surface area contributed by atoms with Gasteiger partial charge in [-0.25, -0.2) is 9.79 Å². The van der Waals surface area contributed by atoms with Crippen LogP contribution in [0.15, 0.2) is 61.9 Å². The minimum atomic E-state index is -0.800. The van der Waals surface area contributed by atoms with Gasteiger partial charge in [-0.1, -0.05) is 23.5 Å². The fraction of sp³-hybridized carbons (Fsp3) is 0.261. The van der Waals surface area contributed by atoms with E-state index in [0.29, 0.717) is 21.8 Å². The first-order chi connectivity index (χ1) is 16.2. The number of furan rings is 1. The Morgan fingerprint density at radius 2 is 2.09 bits per heavy atom. The van der Waals surface area contributed by atoms with Crippen LogP contribution in [-0.2, 0) is 9.53 Å². The summed E-state index contributed by atoms with van der Waals surface area (Å²) in [6, 6.07) is 8.90. The van der Waals surface area contributed by atoms with Crippen LogP contribution in [-0.4, -0.2) is 28.7 Å². The monoisotopic (exact) mass is 483 g/mol. The van der Waals surface area contributed by atoms with Gasteiger partial charge in [-0.2, -0.15) is 0 Å². The van der Waals surface area contributed by atoms with E-state index in [1.165, 1.54) is 29.9 Å². The zero-order valence-corrected chi connectivity index (χ0v) is 19.6. The van der Waals surface area contributed by atoms with Crippen molar-refractivity contribution >= 4 is 29.3 Å². The number of hydrogen-bond acceptors (Lipinski definition) is 9. The molecule has 0 spiro atoms. The summed E-state index contributed by atoms with van der Waals surface area (Å²) in [4.78, 5) is 41.7. The number of hydrogen-bond donors (Lipinski definition) is 0. The number of methoxy groups -OCH3 is 1. The number of esters is 1. The lowest BCUT2D eigenvalue weighted by Crippen LogP contribution is -2.40. The number of aromatic nitrogens is 1. The van der Waals surface area contributed by atoms with Crippen LogP contribution < -0.4 is 19.6 Å². The maximum Gasteiger partial charge on any atom is 0.433 e. The van der Waals surface area contributed by atoms with Crippen molar-refractivity contribution < 1.29 is 23.6 Å². The summed E-state index contributed by atoms with van der Waals surface area (Å²) in [5.41, 5.74) is 0.901. The molecule has 0 N–H and O–H groups in total. The summed E-state index contributed by atoms with van der Waals surface area (Å²) >= 11 is 1.10. The molecule has 1 aliphatic heterocycles. The van der Waals surface area contributed by atoms with Crippen LogP contribution in [0.25, 0.3) is 6.08 Å². The smallest absolute Gasteiger partial charge is 0.433 e. The van der Waals surface area contributed by atoms with Gasteiger partial charge in [-0.15, -0.1) is 0 Å². The van der Waals surface area contributed by atoms with Gasteiger partial charge in [-0.05, 0) is 44.5 Å². The van der Waals surface area contributed by atoms with Gasteiger partial charge in [0.15, 0.2) is 4.80 Å². The van der Waals surface area contributed by atoms with E-state index in [1.54, 1.807) is 45.0 Å². The van der Waals surface area contributed by atoms with E-state index in [-0.39, 0.29) is 22.0 Å². The second kappa shape index (κ2) is 9.10. The van der Waals surface area contributed by atoms with Crippen molar-refractivity contribution in [2.24, 2.45) is 4.99 Å². The molecule has 176 valence electrons. The summed E-state index contributed by atoms with van der Waals surface area (Å²) in [6.07, 6.45) is 1.06. The van der Waals surface area contributed by atoms with Gasteiger partial charge in [0.2, 0.25) is 0 Å². The van der Waals surface area contributed by atoms with E-state index in [1.807, 2.05) is 0 Å². The third kappa shape index (κ3) is 4.29. The molecule has 1 unspecified atom stereocenters. The van der Waals surface area contributed by atoms with Crippen molar-refractivity contribution in [1.82, 2.24) is 4.57 Å². The molecule has 0 fully saturated rings. The molecule has 1 atom stereocenters.